The van der Waals surface area contributed by atoms with Crippen molar-refractivity contribution < 1.29 is 0 Å². The highest BCUT2D eigenvalue weighted by Gasteiger charge is 2.26. The predicted octanol–water partition coefficient (Wildman–Crippen LogP) is 5.29. The number of hydrogen-bond acceptors (Lipinski definition) is 5. The Morgan fingerprint density at radius 3 is 2.84 bits per heavy atom. The zero-order valence-corrected chi connectivity index (χ0v) is 15.8. The van der Waals surface area contributed by atoms with Gasteiger partial charge in [0.25, 0.3) is 0 Å². The number of rotatable bonds is 5. The molecule has 0 spiro atoms. The van der Waals surface area contributed by atoms with Crippen LogP contribution in [0.1, 0.15) is 30.0 Å². The van der Waals surface area contributed by atoms with Gasteiger partial charge in [-0.3, -0.25) is 5.10 Å². The fraction of sp³-hybridized carbons (Fsp3) is 0.235. The van der Waals surface area contributed by atoms with E-state index in [9.17, 15) is 0 Å². The molecule has 0 bridgehead atoms. The second-order valence-corrected chi connectivity index (χ2v) is 7.37. The number of H-pyrrole nitrogens is 1. The molecule has 4 rings (SSSR count). The van der Waals surface area contributed by atoms with E-state index < -0.39 is 0 Å². The maximum absolute atomic E-state index is 6.00. The molecule has 25 heavy (non-hydrogen) atoms. The van der Waals surface area contributed by atoms with Crippen LogP contribution in [0.4, 0.5) is 23.3 Å². The number of benzene rings is 1. The van der Waals surface area contributed by atoms with E-state index in [0.717, 1.165) is 27.2 Å². The first-order valence-electron chi connectivity index (χ1n) is 7.96. The van der Waals surface area contributed by atoms with Crippen LogP contribution in [-0.4, -0.2) is 20.2 Å². The minimum Gasteiger partial charge on any atom is -0.324 e. The summed E-state index contributed by atoms with van der Waals surface area (Å²) in [5.74, 6) is 2.58. The first-order chi connectivity index (χ1) is 12.1. The van der Waals surface area contributed by atoms with Gasteiger partial charge in [0, 0.05) is 28.9 Å². The van der Waals surface area contributed by atoms with Crippen molar-refractivity contribution in [3.05, 3.63) is 51.2 Å². The Balaban J connectivity index is 1.55. The zero-order chi connectivity index (χ0) is 17.4. The number of aryl methyl sites for hydroxylation is 1. The molecule has 0 radical (unpaired) electrons. The molecule has 0 aliphatic heterocycles. The summed E-state index contributed by atoms with van der Waals surface area (Å²) in [6.07, 6.45) is 4.15. The second kappa shape index (κ2) is 6.65. The molecule has 3 N–H and O–H groups in total. The van der Waals surface area contributed by atoms with Crippen molar-refractivity contribution in [2.24, 2.45) is 0 Å². The highest BCUT2D eigenvalue weighted by Crippen LogP contribution is 2.39. The lowest BCUT2D eigenvalue weighted by molar-refractivity contribution is 0.966. The number of hydrogen-bond donors (Lipinski definition) is 3. The van der Waals surface area contributed by atoms with Gasteiger partial charge in [-0.2, -0.15) is 10.1 Å². The van der Waals surface area contributed by atoms with Gasteiger partial charge in [0.2, 0.25) is 5.95 Å². The van der Waals surface area contributed by atoms with Crippen molar-refractivity contribution in [2.45, 2.75) is 25.7 Å². The summed E-state index contributed by atoms with van der Waals surface area (Å²) in [6, 6.07) is 7.67. The fourth-order valence-corrected chi connectivity index (χ4v) is 3.04. The van der Waals surface area contributed by atoms with E-state index in [4.69, 9.17) is 11.6 Å². The van der Waals surface area contributed by atoms with Crippen molar-refractivity contribution in [1.29, 1.82) is 0 Å². The molecule has 1 aromatic carbocycles. The normalized spacial score (nSPS) is 13.7. The highest BCUT2D eigenvalue weighted by molar-refractivity contribution is 9.10. The van der Waals surface area contributed by atoms with Gasteiger partial charge < -0.3 is 10.6 Å². The van der Waals surface area contributed by atoms with E-state index in [0.29, 0.717) is 22.7 Å². The monoisotopic (exact) mass is 418 g/mol. The molecule has 2 aromatic heterocycles. The third-order valence-corrected chi connectivity index (χ3v) is 4.84. The fourth-order valence-electron chi connectivity index (χ4n) is 2.52. The SMILES string of the molecule is Cc1cc(Cl)ccc1Nc1ncc(Br)c(Nc2cc(C3CC3)n[nH]2)n1. The van der Waals surface area contributed by atoms with Crippen molar-refractivity contribution in [3.63, 3.8) is 0 Å². The lowest BCUT2D eigenvalue weighted by atomic mass is 10.2. The van der Waals surface area contributed by atoms with Gasteiger partial charge in [-0.15, -0.1) is 0 Å². The summed E-state index contributed by atoms with van der Waals surface area (Å²) in [5, 5.41) is 14.5. The molecule has 3 aromatic rings. The van der Waals surface area contributed by atoms with Crippen molar-refractivity contribution in [1.82, 2.24) is 20.2 Å². The molecule has 0 amide bonds. The summed E-state index contributed by atoms with van der Waals surface area (Å²) in [4.78, 5) is 8.85. The van der Waals surface area contributed by atoms with Crippen LogP contribution in [0.2, 0.25) is 5.02 Å². The maximum Gasteiger partial charge on any atom is 0.229 e. The van der Waals surface area contributed by atoms with E-state index in [1.165, 1.54) is 12.8 Å². The molecule has 1 fully saturated rings. The lowest BCUT2D eigenvalue weighted by Gasteiger charge is -2.11. The Labute approximate surface area is 158 Å². The van der Waals surface area contributed by atoms with E-state index in [-0.39, 0.29) is 0 Å². The number of nitrogens with zero attached hydrogens (tertiary/aromatic N) is 3. The van der Waals surface area contributed by atoms with Crippen LogP contribution in [-0.2, 0) is 0 Å². The smallest absolute Gasteiger partial charge is 0.229 e. The van der Waals surface area contributed by atoms with Crippen LogP contribution in [0.15, 0.2) is 34.9 Å². The quantitative estimate of drug-likeness (QED) is 0.524. The van der Waals surface area contributed by atoms with Crippen LogP contribution in [0, 0.1) is 6.92 Å². The van der Waals surface area contributed by atoms with Gasteiger partial charge in [0.15, 0.2) is 5.82 Å². The van der Waals surface area contributed by atoms with Gasteiger partial charge in [-0.05, 0) is 59.5 Å². The molecule has 0 atom stereocenters. The van der Waals surface area contributed by atoms with E-state index in [2.05, 4.69) is 46.7 Å². The van der Waals surface area contributed by atoms with Crippen LogP contribution in [0.25, 0.3) is 0 Å². The molecule has 2 heterocycles. The number of aromatic amines is 1. The Hall–Kier alpha value is -2.12. The average Bonchev–Trinajstić information content (AvgIpc) is 3.33. The van der Waals surface area contributed by atoms with Gasteiger partial charge >= 0.3 is 0 Å². The second-order valence-electron chi connectivity index (χ2n) is 6.08. The van der Waals surface area contributed by atoms with E-state index >= 15 is 0 Å². The summed E-state index contributed by atoms with van der Waals surface area (Å²) in [7, 11) is 0. The van der Waals surface area contributed by atoms with Crippen LogP contribution < -0.4 is 10.6 Å². The average molecular weight is 420 g/mol. The van der Waals surface area contributed by atoms with Crippen molar-refractivity contribution >= 4 is 50.8 Å². The van der Waals surface area contributed by atoms with Gasteiger partial charge in [-0.1, -0.05) is 11.6 Å². The standard InChI is InChI=1S/C17H16BrClN6/c1-9-6-11(19)4-5-13(9)21-17-20-8-12(18)16(23-17)22-15-7-14(24-25-15)10-2-3-10/h4-8,10H,2-3H2,1H3,(H3,20,21,22,23,24,25). The van der Waals surface area contributed by atoms with Gasteiger partial charge in [0.05, 0.1) is 10.2 Å². The van der Waals surface area contributed by atoms with Gasteiger partial charge in [-0.25, -0.2) is 4.98 Å². The van der Waals surface area contributed by atoms with E-state index in [1.54, 1.807) is 6.20 Å². The topological polar surface area (TPSA) is 78.5 Å². The minimum atomic E-state index is 0.498. The minimum absolute atomic E-state index is 0.498. The Bertz CT molecular complexity index is 921. The van der Waals surface area contributed by atoms with Crippen LogP contribution in [0.5, 0.6) is 0 Å². The largest absolute Gasteiger partial charge is 0.324 e. The molecule has 1 saturated carbocycles. The Morgan fingerprint density at radius 1 is 1.24 bits per heavy atom. The summed E-state index contributed by atoms with van der Waals surface area (Å²) < 4.78 is 0.772. The van der Waals surface area contributed by atoms with Crippen LogP contribution >= 0.6 is 27.5 Å². The molecule has 128 valence electrons. The Kier molecular flexibility index (Phi) is 4.35. The van der Waals surface area contributed by atoms with Crippen molar-refractivity contribution in [3.8, 4) is 0 Å². The summed E-state index contributed by atoms with van der Waals surface area (Å²) in [6.45, 7) is 1.98. The zero-order valence-electron chi connectivity index (χ0n) is 13.5. The molecule has 6 nitrogen and oxygen atoms in total. The summed E-state index contributed by atoms with van der Waals surface area (Å²) >= 11 is 9.48. The first-order valence-corrected chi connectivity index (χ1v) is 9.13. The molecular formula is C17H16BrClN6. The predicted molar refractivity (Wildman–Crippen MR) is 103 cm³/mol. The summed E-state index contributed by atoms with van der Waals surface area (Å²) in [5.41, 5.74) is 3.04. The number of anilines is 4. The van der Waals surface area contributed by atoms with Crippen LogP contribution in [0.3, 0.4) is 0 Å². The first kappa shape index (κ1) is 16.4. The van der Waals surface area contributed by atoms with E-state index in [1.807, 2.05) is 31.2 Å². The number of halogens is 2. The number of aromatic nitrogens is 4. The molecular weight excluding hydrogens is 404 g/mol. The molecule has 0 unspecified atom stereocenters. The molecule has 1 aliphatic carbocycles. The third-order valence-electron chi connectivity index (χ3n) is 4.03. The number of nitrogens with one attached hydrogen (secondary N) is 3. The van der Waals surface area contributed by atoms with Crippen molar-refractivity contribution in [2.75, 3.05) is 10.6 Å². The maximum atomic E-state index is 6.00. The highest BCUT2D eigenvalue weighted by atomic mass is 79.9. The van der Waals surface area contributed by atoms with Gasteiger partial charge in [0.1, 0.15) is 5.82 Å². The molecule has 0 saturated heterocycles. The Morgan fingerprint density at radius 2 is 2.08 bits per heavy atom. The molecule has 1 aliphatic rings. The molecule has 8 heteroatoms. The lowest BCUT2D eigenvalue weighted by Crippen LogP contribution is -2.02. The third kappa shape index (κ3) is 3.77.